The number of fused-ring (bicyclic) bond motifs is 1. The van der Waals surface area contributed by atoms with Crippen molar-refractivity contribution in [2.45, 2.75) is 38.8 Å². The Balaban J connectivity index is 2.01. The molecule has 1 aromatic heterocycles. The number of ether oxygens (including phenoxy) is 2. The maximum absolute atomic E-state index is 15.2. The molecule has 0 aliphatic carbocycles. The van der Waals surface area contributed by atoms with Crippen molar-refractivity contribution in [2.24, 2.45) is 5.73 Å². The summed E-state index contributed by atoms with van der Waals surface area (Å²) >= 11 is 0. The lowest BCUT2D eigenvalue weighted by Crippen LogP contribution is -2.31. The Morgan fingerprint density at radius 3 is 2.88 bits per heavy atom. The number of hydrogen-bond acceptors (Lipinski definition) is 5. The monoisotopic (exact) mass is 361 g/mol. The van der Waals surface area contributed by atoms with Crippen LogP contribution in [0, 0.1) is 5.82 Å². The number of primary amides is 1. The molecular weight excluding hydrogens is 341 g/mol. The normalized spacial score (nSPS) is 16.8. The molecule has 3 N–H and O–H groups in total. The predicted octanol–water partition coefficient (Wildman–Crippen LogP) is 1.92. The van der Waals surface area contributed by atoms with E-state index in [0.717, 1.165) is 0 Å². The molecule has 138 valence electrons. The zero-order chi connectivity index (χ0) is 18.8. The molecule has 0 radical (unpaired) electrons. The van der Waals surface area contributed by atoms with Crippen LogP contribution in [0.5, 0.6) is 11.6 Å². The number of carbonyl (C=O) groups excluding carboxylic acids is 2. The molecule has 1 unspecified atom stereocenters. The van der Waals surface area contributed by atoms with Gasteiger partial charge >= 0.3 is 0 Å². The molecule has 1 atom stereocenters. The fourth-order valence-electron chi connectivity index (χ4n) is 2.88. The molecule has 1 aliphatic rings. The third-order valence-corrected chi connectivity index (χ3v) is 4.04. The van der Waals surface area contributed by atoms with Gasteiger partial charge in [0.25, 0.3) is 5.91 Å². The number of amides is 2. The molecule has 0 saturated carbocycles. The van der Waals surface area contributed by atoms with Gasteiger partial charge in [0.05, 0.1) is 23.1 Å². The second kappa shape index (κ2) is 7.15. The second-order valence-electron chi connectivity index (χ2n) is 6.43. The van der Waals surface area contributed by atoms with E-state index in [0.29, 0.717) is 18.2 Å². The Kier molecular flexibility index (Phi) is 4.92. The summed E-state index contributed by atoms with van der Waals surface area (Å²) in [5, 5.41) is 3.31. The topological polar surface area (TPSA) is 104 Å². The van der Waals surface area contributed by atoms with Gasteiger partial charge in [-0.3, -0.25) is 9.59 Å². The summed E-state index contributed by atoms with van der Waals surface area (Å²) in [4.78, 5) is 27.1. The van der Waals surface area contributed by atoms with Crippen molar-refractivity contribution < 1.29 is 23.5 Å². The molecule has 2 heterocycles. The number of halogens is 1. The van der Waals surface area contributed by atoms with Crippen molar-refractivity contribution in [3.8, 4) is 11.6 Å². The number of benzene rings is 1. The first-order valence-electron chi connectivity index (χ1n) is 8.36. The maximum Gasteiger partial charge on any atom is 0.252 e. The smallest absolute Gasteiger partial charge is 0.252 e. The van der Waals surface area contributed by atoms with E-state index in [9.17, 15) is 9.59 Å². The molecular formula is C18H20FN3O4. The van der Waals surface area contributed by atoms with Crippen molar-refractivity contribution >= 4 is 22.6 Å². The minimum absolute atomic E-state index is 0.0330. The van der Waals surface area contributed by atoms with Crippen LogP contribution in [0.3, 0.4) is 0 Å². The molecule has 1 saturated heterocycles. The van der Waals surface area contributed by atoms with Crippen molar-refractivity contribution in [3.63, 3.8) is 0 Å². The fraction of sp³-hybridized carbons (Fsp3) is 0.389. The van der Waals surface area contributed by atoms with Gasteiger partial charge in [-0.15, -0.1) is 0 Å². The number of carbonyl (C=O) groups is 2. The molecule has 1 fully saturated rings. The van der Waals surface area contributed by atoms with Crippen LogP contribution in [0.2, 0.25) is 0 Å². The summed E-state index contributed by atoms with van der Waals surface area (Å²) in [6.45, 7) is 3.62. The van der Waals surface area contributed by atoms with Gasteiger partial charge in [0.15, 0.2) is 11.6 Å². The van der Waals surface area contributed by atoms with Crippen LogP contribution in [0.15, 0.2) is 18.3 Å². The second-order valence-corrected chi connectivity index (χ2v) is 6.43. The van der Waals surface area contributed by atoms with Gasteiger partial charge in [-0.1, -0.05) is 0 Å². The summed E-state index contributed by atoms with van der Waals surface area (Å²) in [6, 6.07) is 2.89. The maximum atomic E-state index is 15.2. The van der Waals surface area contributed by atoms with Gasteiger partial charge in [-0.25, -0.2) is 9.37 Å². The highest BCUT2D eigenvalue weighted by Gasteiger charge is 2.24. The van der Waals surface area contributed by atoms with E-state index >= 15 is 4.39 Å². The van der Waals surface area contributed by atoms with E-state index < -0.39 is 11.7 Å². The Bertz CT molecular complexity index is 869. The van der Waals surface area contributed by atoms with Crippen LogP contribution in [0.4, 0.5) is 4.39 Å². The SMILES string of the molecule is CC(C)Oc1c(C(N)=O)cc2ccnc(OCC3CCC(=O)N3)c2c1F. The molecule has 8 heteroatoms. The molecule has 2 aromatic rings. The van der Waals surface area contributed by atoms with Gasteiger partial charge in [0.1, 0.15) is 6.61 Å². The van der Waals surface area contributed by atoms with Gasteiger partial charge in [0.2, 0.25) is 11.8 Å². The average molecular weight is 361 g/mol. The van der Waals surface area contributed by atoms with Crippen molar-refractivity contribution in [3.05, 3.63) is 29.7 Å². The molecule has 1 aliphatic heterocycles. The van der Waals surface area contributed by atoms with Crippen LogP contribution < -0.4 is 20.5 Å². The molecule has 0 bridgehead atoms. The summed E-state index contributed by atoms with van der Waals surface area (Å²) in [7, 11) is 0. The van der Waals surface area contributed by atoms with Crippen LogP contribution in [-0.2, 0) is 4.79 Å². The molecule has 0 spiro atoms. The van der Waals surface area contributed by atoms with Crippen molar-refractivity contribution in [2.75, 3.05) is 6.61 Å². The summed E-state index contributed by atoms with van der Waals surface area (Å²) in [6.07, 6.45) is 2.20. The largest absolute Gasteiger partial charge is 0.487 e. The minimum atomic E-state index is -0.783. The number of nitrogens with zero attached hydrogens (tertiary/aromatic N) is 1. The summed E-state index contributed by atoms with van der Waals surface area (Å²) in [5.41, 5.74) is 5.33. The van der Waals surface area contributed by atoms with Crippen LogP contribution in [0.1, 0.15) is 37.0 Å². The zero-order valence-electron chi connectivity index (χ0n) is 14.5. The van der Waals surface area contributed by atoms with Gasteiger partial charge in [0, 0.05) is 12.6 Å². The Labute approximate surface area is 149 Å². The van der Waals surface area contributed by atoms with Crippen molar-refractivity contribution in [1.29, 1.82) is 0 Å². The first-order valence-corrected chi connectivity index (χ1v) is 8.36. The first-order chi connectivity index (χ1) is 12.4. The van der Waals surface area contributed by atoms with E-state index in [4.69, 9.17) is 15.2 Å². The van der Waals surface area contributed by atoms with E-state index in [1.807, 2.05) is 0 Å². The highest BCUT2D eigenvalue weighted by molar-refractivity contribution is 6.02. The van der Waals surface area contributed by atoms with E-state index in [1.165, 1.54) is 12.3 Å². The molecule has 3 rings (SSSR count). The van der Waals surface area contributed by atoms with E-state index in [2.05, 4.69) is 10.3 Å². The van der Waals surface area contributed by atoms with Gasteiger partial charge in [-0.05, 0) is 37.8 Å². The van der Waals surface area contributed by atoms with E-state index in [-0.39, 0.29) is 47.2 Å². The Morgan fingerprint density at radius 2 is 2.27 bits per heavy atom. The fourth-order valence-corrected chi connectivity index (χ4v) is 2.88. The zero-order valence-corrected chi connectivity index (χ0v) is 14.5. The lowest BCUT2D eigenvalue weighted by atomic mass is 10.1. The molecule has 1 aromatic carbocycles. The van der Waals surface area contributed by atoms with Gasteiger partial charge < -0.3 is 20.5 Å². The third kappa shape index (κ3) is 3.54. The summed E-state index contributed by atoms with van der Waals surface area (Å²) < 4.78 is 26.3. The lowest BCUT2D eigenvalue weighted by Gasteiger charge is -2.17. The first kappa shape index (κ1) is 17.9. The Hall–Kier alpha value is -2.90. The van der Waals surface area contributed by atoms with Crippen LogP contribution >= 0.6 is 0 Å². The number of aromatic nitrogens is 1. The molecule has 7 nitrogen and oxygen atoms in total. The van der Waals surface area contributed by atoms with Gasteiger partial charge in [-0.2, -0.15) is 0 Å². The van der Waals surface area contributed by atoms with Crippen molar-refractivity contribution in [1.82, 2.24) is 10.3 Å². The third-order valence-electron chi connectivity index (χ3n) is 4.04. The Morgan fingerprint density at radius 1 is 1.50 bits per heavy atom. The lowest BCUT2D eigenvalue weighted by molar-refractivity contribution is -0.119. The number of nitrogens with one attached hydrogen (secondary N) is 1. The predicted molar refractivity (Wildman–Crippen MR) is 92.6 cm³/mol. The van der Waals surface area contributed by atoms with Crippen LogP contribution in [-0.4, -0.2) is 35.6 Å². The highest BCUT2D eigenvalue weighted by Crippen LogP contribution is 2.35. The number of nitrogens with two attached hydrogens (primary N) is 1. The minimum Gasteiger partial charge on any atom is -0.487 e. The number of pyridine rings is 1. The summed E-state index contributed by atoms with van der Waals surface area (Å²) in [5.74, 6) is -1.70. The quantitative estimate of drug-likeness (QED) is 0.818. The standard InChI is InChI=1S/C18H20FN3O4/c1-9(2)26-16-12(17(20)24)7-10-5-6-21-18(14(10)15(16)19)25-8-11-3-4-13(23)22-11/h5-7,9,11H,3-4,8H2,1-2H3,(H2,20,24)(H,22,23). The molecule has 26 heavy (non-hydrogen) atoms. The van der Waals surface area contributed by atoms with E-state index in [1.54, 1.807) is 19.9 Å². The average Bonchev–Trinajstić information content (AvgIpc) is 3.00. The number of hydrogen-bond donors (Lipinski definition) is 2. The molecule has 2 amide bonds. The highest BCUT2D eigenvalue weighted by atomic mass is 19.1. The number of rotatable bonds is 6. The van der Waals surface area contributed by atoms with Crippen LogP contribution in [0.25, 0.3) is 10.8 Å².